The van der Waals surface area contributed by atoms with Crippen molar-refractivity contribution in [3.8, 4) is 5.75 Å². The fourth-order valence-electron chi connectivity index (χ4n) is 1.21. The molecule has 0 fully saturated rings. The quantitative estimate of drug-likeness (QED) is 0.304. The van der Waals surface area contributed by atoms with Gasteiger partial charge in [0.25, 0.3) is 0 Å². The van der Waals surface area contributed by atoms with Gasteiger partial charge in [0.2, 0.25) is 5.96 Å². The Morgan fingerprint density at radius 1 is 1.35 bits per heavy atom. The second-order valence-electron chi connectivity index (χ2n) is 3.60. The molecule has 0 amide bonds. The Morgan fingerprint density at radius 3 is 2.65 bits per heavy atom. The molecule has 0 saturated heterocycles. The van der Waals surface area contributed by atoms with Gasteiger partial charge in [-0.1, -0.05) is 13.3 Å². The first kappa shape index (κ1) is 13.2. The minimum atomic E-state index is 0.397. The Bertz CT molecular complexity index is 348. The van der Waals surface area contributed by atoms with Gasteiger partial charge in [-0.15, -0.1) is 0 Å². The molecule has 1 aromatic rings. The number of nitrogens with two attached hydrogens (primary N) is 1. The van der Waals surface area contributed by atoms with Gasteiger partial charge in [-0.3, -0.25) is 15.8 Å². The van der Waals surface area contributed by atoms with Crippen LogP contribution in [0.25, 0.3) is 0 Å². The van der Waals surface area contributed by atoms with Crippen molar-refractivity contribution in [1.82, 2.24) is 5.43 Å². The zero-order valence-corrected chi connectivity index (χ0v) is 10.4. The highest BCUT2D eigenvalue weighted by Gasteiger charge is 1.94. The van der Waals surface area contributed by atoms with Crippen LogP contribution in [-0.2, 0) is 0 Å². The Labute approximate surface area is 102 Å². The second kappa shape index (κ2) is 7.38. The van der Waals surface area contributed by atoms with E-state index in [-0.39, 0.29) is 0 Å². The summed E-state index contributed by atoms with van der Waals surface area (Å²) in [4.78, 5) is 4.16. The lowest BCUT2D eigenvalue weighted by molar-refractivity contribution is 0.415. The average Bonchev–Trinajstić information content (AvgIpc) is 2.37. The van der Waals surface area contributed by atoms with Crippen LogP contribution in [0.3, 0.4) is 0 Å². The number of ether oxygens (including phenoxy) is 1. The molecule has 0 radical (unpaired) electrons. The van der Waals surface area contributed by atoms with Crippen LogP contribution in [0.4, 0.5) is 5.69 Å². The van der Waals surface area contributed by atoms with Crippen molar-refractivity contribution in [2.24, 2.45) is 10.7 Å². The van der Waals surface area contributed by atoms with E-state index in [0.717, 1.165) is 30.8 Å². The van der Waals surface area contributed by atoms with Gasteiger partial charge >= 0.3 is 0 Å². The number of anilines is 1. The van der Waals surface area contributed by atoms with Crippen LogP contribution in [-0.4, -0.2) is 19.6 Å². The first-order valence-electron chi connectivity index (χ1n) is 5.72. The summed E-state index contributed by atoms with van der Waals surface area (Å²) >= 11 is 0. The first-order valence-corrected chi connectivity index (χ1v) is 5.72. The smallest absolute Gasteiger partial charge is 0.207 e. The van der Waals surface area contributed by atoms with Crippen LogP contribution < -0.4 is 21.3 Å². The molecule has 5 heteroatoms. The lowest BCUT2D eigenvalue weighted by Crippen LogP contribution is -2.36. The number of hydrazine groups is 1. The Hall–Kier alpha value is -1.91. The number of hydrogen-bond donors (Lipinski definition) is 3. The third kappa shape index (κ3) is 5.10. The molecule has 4 N–H and O–H groups in total. The number of unbranched alkanes of at least 4 members (excludes halogenated alkanes) is 1. The highest BCUT2D eigenvalue weighted by molar-refractivity contribution is 5.79. The van der Waals surface area contributed by atoms with E-state index in [1.54, 1.807) is 7.11 Å². The molecule has 0 saturated carbocycles. The molecule has 0 bridgehead atoms. The number of nitrogens with zero attached hydrogens (tertiary/aromatic N) is 1. The topological polar surface area (TPSA) is 71.7 Å². The van der Waals surface area contributed by atoms with Gasteiger partial charge in [0.1, 0.15) is 5.75 Å². The third-order valence-electron chi connectivity index (χ3n) is 2.22. The molecule has 0 unspecified atom stereocenters. The fraction of sp³-hybridized carbons (Fsp3) is 0.417. The minimum absolute atomic E-state index is 0.397. The standard InChI is InChI=1S/C12H20N4O/c1-3-4-9-14-12(13)16-15-10-5-7-11(17-2)8-6-10/h5-8,15H,3-4,9H2,1-2H3,(H3,13,14,16). The molecule has 0 spiro atoms. The maximum atomic E-state index is 5.67. The molecule has 0 aliphatic heterocycles. The van der Waals surface area contributed by atoms with Crippen molar-refractivity contribution in [2.75, 3.05) is 19.1 Å². The van der Waals surface area contributed by atoms with Gasteiger partial charge in [0, 0.05) is 6.54 Å². The zero-order valence-electron chi connectivity index (χ0n) is 10.4. The largest absolute Gasteiger partial charge is 0.497 e. The Morgan fingerprint density at radius 2 is 2.06 bits per heavy atom. The summed E-state index contributed by atoms with van der Waals surface area (Å²) < 4.78 is 5.06. The Balaban J connectivity index is 2.36. The molecule has 17 heavy (non-hydrogen) atoms. The summed E-state index contributed by atoms with van der Waals surface area (Å²) in [5.41, 5.74) is 12.4. The summed E-state index contributed by atoms with van der Waals surface area (Å²) in [7, 11) is 1.64. The van der Waals surface area contributed by atoms with Crippen LogP contribution in [0.1, 0.15) is 19.8 Å². The van der Waals surface area contributed by atoms with E-state index in [4.69, 9.17) is 10.5 Å². The third-order valence-corrected chi connectivity index (χ3v) is 2.22. The van der Waals surface area contributed by atoms with E-state index >= 15 is 0 Å². The fourth-order valence-corrected chi connectivity index (χ4v) is 1.21. The molecule has 94 valence electrons. The van der Waals surface area contributed by atoms with E-state index < -0.39 is 0 Å². The van der Waals surface area contributed by atoms with Crippen molar-refractivity contribution in [1.29, 1.82) is 0 Å². The van der Waals surface area contributed by atoms with Crippen molar-refractivity contribution in [3.05, 3.63) is 24.3 Å². The van der Waals surface area contributed by atoms with E-state index in [9.17, 15) is 0 Å². The first-order chi connectivity index (χ1) is 8.26. The van der Waals surface area contributed by atoms with Gasteiger partial charge in [-0.2, -0.15) is 0 Å². The van der Waals surface area contributed by atoms with Crippen LogP contribution >= 0.6 is 0 Å². The van der Waals surface area contributed by atoms with Crippen molar-refractivity contribution in [3.63, 3.8) is 0 Å². The minimum Gasteiger partial charge on any atom is -0.497 e. The SMILES string of the molecule is CCCCN=C(N)NNc1ccc(OC)cc1. The summed E-state index contributed by atoms with van der Waals surface area (Å²) in [6.07, 6.45) is 2.16. The van der Waals surface area contributed by atoms with Gasteiger partial charge < -0.3 is 10.5 Å². The molecule has 5 nitrogen and oxygen atoms in total. The highest BCUT2D eigenvalue weighted by atomic mass is 16.5. The van der Waals surface area contributed by atoms with Crippen molar-refractivity contribution >= 4 is 11.6 Å². The highest BCUT2D eigenvalue weighted by Crippen LogP contribution is 2.13. The number of methoxy groups -OCH3 is 1. The van der Waals surface area contributed by atoms with Crippen molar-refractivity contribution in [2.45, 2.75) is 19.8 Å². The van der Waals surface area contributed by atoms with E-state index in [0.29, 0.717) is 5.96 Å². The van der Waals surface area contributed by atoms with E-state index in [1.165, 1.54) is 0 Å². The van der Waals surface area contributed by atoms with Gasteiger partial charge in [0.05, 0.1) is 12.8 Å². The van der Waals surface area contributed by atoms with Gasteiger partial charge in [-0.05, 0) is 30.7 Å². The monoisotopic (exact) mass is 236 g/mol. The van der Waals surface area contributed by atoms with Crippen LogP contribution in [0.5, 0.6) is 5.75 Å². The summed E-state index contributed by atoms with van der Waals surface area (Å²) in [5, 5.41) is 0. The number of benzene rings is 1. The summed E-state index contributed by atoms with van der Waals surface area (Å²) in [5.74, 6) is 1.22. The molecule has 0 aromatic heterocycles. The summed E-state index contributed by atoms with van der Waals surface area (Å²) in [6, 6.07) is 7.53. The number of guanidine groups is 1. The molecule has 0 aliphatic carbocycles. The van der Waals surface area contributed by atoms with Gasteiger partial charge in [0.15, 0.2) is 0 Å². The van der Waals surface area contributed by atoms with Gasteiger partial charge in [-0.25, -0.2) is 0 Å². The molecule has 1 aromatic carbocycles. The number of nitrogens with one attached hydrogen (secondary N) is 2. The van der Waals surface area contributed by atoms with E-state index in [2.05, 4.69) is 22.8 Å². The van der Waals surface area contributed by atoms with Crippen LogP contribution in [0.2, 0.25) is 0 Å². The molecule has 1 rings (SSSR count). The molecule has 0 aliphatic rings. The summed E-state index contributed by atoms with van der Waals surface area (Å²) in [6.45, 7) is 2.87. The van der Waals surface area contributed by atoms with E-state index in [1.807, 2.05) is 24.3 Å². The maximum Gasteiger partial charge on any atom is 0.207 e. The zero-order chi connectivity index (χ0) is 12.5. The average molecular weight is 236 g/mol. The second-order valence-corrected chi connectivity index (χ2v) is 3.60. The lowest BCUT2D eigenvalue weighted by atomic mass is 10.3. The van der Waals surface area contributed by atoms with Crippen molar-refractivity contribution < 1.29 is 4.74 Å². The number of rotatable bonds is 6. The molecule has 0 heterocycles. The molecular weight excluding hydrogens is 216 g/mol. The van der Waals surface area contributed by atoms with Crippen LogP contribution in [0, 0.1) is 0 Å². The number of aliphatic imine (C=N–C) groups is 1. The Kier molecular flexibility index (Phi) is 5.71. The predicted octanol–water partition coefficient (Wildman–Crippen LogP) is 1.73. The maximum absolute atomic E-state index is 5.67. The molecule has 0 atom stereocenters. The predicted molar refractivity (Wildman–Crippen MR) is 71.1 cm³/mol. The molecular formula is C12H20N4O. The normalized spacial score (nSPS) is 11.1. The lowest BCUT2D eigenvalue weighted by Gasteiger charge is -2.09. The number of hydrogen-bond acceptors (Lipinski definition) is 3. The van der Waals surface area contributed by atoms with Crippen LogP contribution in [0.15, 0.2) is 29.3 Å².